The molecule has 2 aromatic carbocycles. The lowest BCUT2D eigenvalue weighted by Gasteiger charge is -2.16. The van der Waals surface area contributed by atoms with Crippen molar-refractivity contribution in [2.75, 3.05) is 37.0 Å². The summed E-state index contributed by atoms with van der Waals surface area (Å²) in [7, 11) is 0. The van der Waals surface area contributed by atoms with Gasteiger partial charge >= 0.3 is 6.18 Å². The number of nitrogens with one attached hydrogen (secondary N) is 2. The molecule has 3 aromatic heterocycles. The van der Waals surface area contributed by atoms with Crippen molar-refractivity contribution in [2.45, 2.75) is 63.9 Å². The lowest BCUT2D eigenvalue weighted by Crippen LogP contribution is -2.14. The molecule has 10 nitrogen and oxygen atoms in total. The van der Waals surface area contributed by atoms with E-state index in [0.717, 1.165) is 42.2 Å². The number of halogens is 8. The van der Waals surface area contributed by atoms with Crippen molar-refractivity contribution >= 4 is 58.2 Å². The zero-order valence-electron chi connectivity index (χ0n) is 31.2. The normalized spacial score (nSPS) is 11.2. The SMILES string of the molecule is CCOCCc1ccc(OCCNc2ncnc(CC)c2Cl)c(C)c1C.N#Cc1nn(-c2c(Cl)cc(C(F)(F)F)cc2Cl)c(NCc2ccccn2)c1SC(F)F. The average Bonchev–Trinajstić information content (AvgIpc) is 3.51. The minimum atomic E-state index is -4.70. The number of rotatable bonds is 16. The fraction of sp³-hybridized carbons (Fsp3) is 0.342. The molecule has 0 amide bonds. The molecule has 0 bridgehead atoms. The Balaban J connectivity index is 0.000000257. The average molecular weight is 872 g/mol. The zero-order valence-corrected chi connectivity index (χ0v) is 34.2. The Morgan fingerprint density at radius 2 is 1.70 bits per heavy atom. The number of nitrogens with zero attached hydrogens (tertiary/aromatic N) is 6. The van der Waals surface area contributed by atoms with E-state index in [1.807, 2.05) is 19.9 Å². The maximum absolute atomic E-state index is 13.1. The topological polar surface area (TPSA) is 123 Å². The molecular weight excluding hydrogens is 834 g/mol. The molecule has 0 saturated heterocycles. The highest BCUT2D eigenvalue weighted by molar-refractivity contribution is 7.99. The van der Waals surface area contributed by atoms with E-state index in [4.69, 9.17) is 44.3 Å². The van der Waals surface area contributed by atoms with Crippen molar-refractivity contribution in [3.8, 4) is 17.5 Å². The third-order valence-electron chi connectivity index (χ3n) is 8.29. The van der Waals surface area contributed by atoms with Gasteiger partial charge in [0.25, 0.3) is 5.76 Å². The van der Waals surface area contributed by atoms with Gasteiger partial charge in [-0.3, -0.25) is 4.98 Å². The van der Waals surface area contributed by atoms with Crippen LogP contribution in [0.1, 0.15) is 53.2 Å². The minimum absolute atomic E-state index is 0.0457. The number of pyridine rings is 1. The standard InChI is InChI=1S/C20H28ClN3O2.C18H10Cl2F5N5S/c1-5-17-19(21)20(24-13-23-17)22-10-12-26-18-8-7-16(9-11-25-6-2)14(3)15(18)4;19-11-5-9(18(23,24)25)6-12(20)14(11)30-16(28-8-10-3-1-2-4-27-10)15(31-17(21)22)13(7-26)29-30/h7-8,13H,5-6,9-12H2,1-4H3,(H,22,23,24);1-6,17,28H,8H2. The van der Waals surface area contributed by atoms with Crippen molar-refractivity contribution in [3.63, 3.8) is 0 Å². The minimum Gasteiger partial charge on any atom is -0.491 e. The number of nitriles is 1. The van der Waals surface area contributed by atoms with Crippen molar-refractivity contribution in [3.05, 3.63) is 109 Å². The van der Waals surface area contributed by atoms with Gasteiger partial charge in [0.05, 0.1) is 51.6 Å². The number of hydrogen-bond acceptors (Lipinski definition) is 10. The third-order valence-corrected chi connectivity index (χ3v) is 10.1. The van der Waals surface area contributed by atoms with Crippen molar-refractivity contribution in [1.82, 2.24) is 24.7 Å². The van der Waals surface area contributed by atoms with Crippen molar-refractivity contribution in [1.29, 1.82) is 5.26 Å². The molecule has 0 fully saturated rings. The predicted molar refractivity (Wildman–Crippen MR) is 213 cm³/mol. The third kappa shape index (κ3) is 12.3. The molecule has 0 spiro atoms. The van der Waals surface area contributed by atoms with Crippen LogP contribution < -0.4 is 15.4 Å². The van der Waals surface area contributed by atoms with Gasteiger partial charge in [-0.25, -0.2) is 14.6 Å². The quantitative estimate of drug-likeness (QED) is 0.0563. The van der Waals surface area contributed by atoms with E-state index in [1.165, 1.54) is 29.2 Å². The summed E-state index contributed by atoms with van der Waals surface area (Å²) in [6.07, 6.45) is 0.0509. The van der Waals surface area contributed by atoms with Gasteiger partial charge in [0, 0.05) is 12.8 Å². The molecule has 0 unspecified atom stereocenters. The van der Waals surface area contributed by atoms with Gasteiger partial charge in [0.1, 0.15) is 47.1 Å². The maximum Gasteiger partial charge on any atom is 0.416 e. The number of aromatic nitrogens is 5. The molecule has 19 heteroatoms. The van der Waals surface area contributed by atoms with E-state index >= 15 is 0 Å². The van der Waals surface area contributed by atoms with Crippen LogP contribution in [-0.4, -0.2) is 56.9 Å². The molecule has 5 aromatic rings. The molecule has 0 aliphatic heterocycles. The van der Waals surface area contributed by atoms with Crippen LogP contribution in [0.4, 0.5) is 33.6 Å². The van der Waals surface area contributed by atoms with Crippen LogP contribution in [-0.2, 0) is 30.3 Å². The van der Waals surface area contributed by atoms with Gasteiger partial charge in [-0.15, -0.1) is 0 Å². The number of benzene rings is 2. The second kappa shape index (κ2) is 21.4. The predicted octanol–water partition coefficient (Wildman–Crippen LogP) is 10.8. The van der Waals surface area contributed by atoms with Crippen molar-refractivity contribution < 1.29 is 31.4 Å². The monoisotopic (exact) mass is 870 g/mol. The molecule has 2 N–H and O–H groups in total. The first-order valence-corrected chi connectivity index (χ1v) is 19.4. The summed E-state index contributed by atoms with van der Waals surface area (Å²) < 4.78 is 77.7. The molecular formula is C38H38Cl3F5N8O2S. The fourth-order valence-electron chi connectivity index (χ4n) is 5.32. The number of alkyl halides is 5. The Kier molecular flexibility index (Phi) is 17.0. The molecule has 3 heterocycles. The van der Waals surface area contributed by atoms with Crippen LogP contribution in [0.3, 0.4) is 0 Å². The van der Waals surface area contributed by atoms with Gasteiger partial charge in [0.15, 0.2) is 5.69 Å². The summed E-state index contributed by atoms with van der Waals surface area (Å²) in [5.74, 6) is -1.41. The van der Waals surface area contributed by atoms with Gasteiger partial charge in [-0.2, -0.15) is 32.3 Å². The Morgan fingerprint density at radius 1 is 0.965 bits per heavy atom. The van der Waals surface area contributed by atoms with Crippen LogP contribution in [0.15, 0.2) is 59.9 Å². The first kappa shape index (κ1) is 45.3. The van der Waals surface area contributed by atoms with Crippen LogP contribution in [0.25, 0.3) is 5.69 Å². The zero-order chi connectivity index (χ0) is 41.7. The summed E-state index contributed by atoms with van der Waals surface area (Å²) in [6.45, 7) is 11.0. The lowest BCUT2D eigenvalue weighted by molar-refractivity contribution is -0.137. The van der Waals surface area contributed by atoms with Crippen molar-refractivity contribution in [2.24, 2.45) is 0 Å². The second-order valence-corrected chi connectivity index (χ2v) is 14.1. The Morgan fingerprint density at radius 3 is 2.32 bits per heavy atom. The Labute approximate surface area is 346 Å². The van der Waals surface area contributed by atoms with E-state index in [1.54, 1.807) is 24.3 Å². The summed E-state index contributed by atoms with van der Waals surface area (Å²) in [6, 6.07) is 12.2. The second-order valence-electron chi connectivity index (χ2n) is 11.9. The first-order valence-electron chi connectivity index (χ1n) is 17.4. The van der Waals surface area contributed by atoms with Crippen LogP contribution in [0.2, 0.25) is 15.1 Å². The van der Waals surface area contributed by atoms with Gasteiger partial charge in [0.2, 0.25) is 0 Å². The number of hydrogen-bond donors (Lipinski definition) is 2. The van der Waals surface area contributed by atoms with Crippen LogP contribution in [0, 0.1) is 25.2 Å². The largest absolute Gasteiger partial charge is 0.491 e. The number of thioether (sulfide) groups is 1. The van der Waals surface area contributed by atoms with E-state index in [-0.39, 0.29) is 40.4 Å². The van der Waals surface area contributed by atoms with Crippen LogP contribution in [0.5, 0.6) is 5.75 Å². The highest BCUT2D eigenvalue weighted by atomic mass is 35.5. The summed E-state index contributed by atoms with van der Waals surface area (Å²) in [5, 5.41) is 19.1. The van der Waals surface area contributed by atoms with Gasteiger partial charge in [-0.05, 0) is 92.4 Å². The van der Waals surface area contributed by atoms with E-state index in [9.17, 15) is 27.2 Å². The van der Waals surface area contributed by atoms with E-state index in [0.29, 0.717) is 41.8 Å². The first-order chi connectivity index (χ1) is 27.2. The highest BCUT2D eigenvalue weighted by Gasteiger charge is 2.33. The van der Waals surface area contributed by atoms with Gasteiger partial charge in [-0.1, -0.05) is 53.9 Å². The number of anilines is 2. The highest BCUT2D eigenvalue weighted by Crippen LogP contribution is 2.42. The van der Waals surface area contributed by atoms with Crippen LogP contribution >= 0.6 is 46.6 Å². The van der Waals surface area contributed by atoms with Gasteiger partial charge < -0.3 is 20.1 Å². The number of aryl methyl sites for hydroxylation is 1. The Bertz CT molecular complexity index is 2130. The smallest absolute Gasteiger partial charge is 0.416 e. The molecule has 0 atom stereocenters. The molecule has 0 radical (unpaired) electrons. The molecule has 0 aliphatic carbocycles. The summed E-state index contributed by atoms with van der Waals surface area (Å²) in [5.41, 5.74) is 3.46. The lowest BCUT2D eigenvalue weighted by atomic mass is 10.0. The molecule has 304 valence electrons. The molecule has 0 saturated carbocycles. The molecule has 57 heavy (non-hydrogen) atoms. The summed E-state index contributed by atoms with van der Waals surface area (Å²) in [4.78, 5) is 12.2. The fourth-order valence-corrected chi connectivity index (χ4v) is 6.91. The summed E-state index contributed by atoms with van der Waals surface area (Å²) >= 11 is 18.4. The Hall–Kier alpha value is -4.40. The maximum atomic E-state index is 13.1. The number of ether oxygens (including phenoxy) is 2. The van der Waals surface area contributed by atoms with E-state index in [2.05, 4.69) is 50.6 Å². The van der Waals surface area contributed by atoms with E-state index < -0.39 is 27.5 Å². The molecule has 5 rings (SSSR count). The molecule has 0 aliphatic rings.